The molecule has 5 nitrogen and oxygen atoms in total. The van der Waals surface area contributed by atoms with Gasteiger partial charge < -0.3 is 14.4 Å². The summed E-state index contributed by atoms with van der Waals surface area (Å²) in [5.41, 5.74) is 0.879. The molecule has 1 aromatic carbocycles. The van der Waals surface area contributed by atoms with Gasteiger partial charge in [0, 0.05) is 25.9 Å². The predicted octanol–water partition coefficient (Wildman–Crippen LogP) is 4.14. The summed E-state index contributed by atoms with van der Waals surface area (Å²) in [7, 11) is 1.93. The third-order valence-electron chi connectivity index (χ3n) is 6.69. The number of hydrogen-bond donors (Lipinski definition) is 0. The number of likely N-dealkylation sites (N-methyl/N-ethyl adjacent to an activating group) is 1. The molecule has 0 bridgehead atoms. The fraction of sp³-hybridized carbons (Fsp3) is 0.682. The van der Waals surface area contributed by atoms with Crippen LogP contribution in [0.5, 0.6) is 0 Å². The summed E-state index contributed by atoms with van der Waals surface area (Å²) in [6.07, 6.45) is 6.72. The summed E-state index contributed by atoms with van der Waals surface area (Å²) in [6.45, 7) is 3.51. The highest BCUT2D eigenvalue weighted by Crippen LogP contribution is 2.40. The van der Waals surface area contributed by atoms with Crippen LogP contribution < -0.4 is 0 Å². The Balaban J connectivity index is 1.51. The van der Waals surface area contributed by atoms with Gasteiger partial charge in [-0.1, -0.05) is 35.7 Å². The van der Waals surface area contributed by atoms with Crippen LogP contribution in [0.3, 0.4) is 0 Å². The van der Waals surface area contributed by atoms with Crippen molar-refractivity contribution in [2.45, 2.75) is 62.8 Å². The molecule has 0 N–H and O–H groups in total. The Morgan fingerprint density at radius 3 is 2.59 bits per heavy atom. The van der Waals surface area contributed by atoms with E-state index in [9.17, 15) is 4.79 Å². The number of piperidine rings is 1. The van der Waals surface area contributed by atoms with Crippen molar-refractivity contribution in [1.82, 2.24) is 9.80 Å². The van der Waals surface area contributed by atoms with Crippen molar-refractivity contribution in [3.05, 3.63) is 33.8 Å². The summed E-state index contributed by atoms with van der Waals surface area (Å²) in [5, 5.41) is 0.987. The first kappa shape index (κ1) is 21.4. The molecule has 1 amide bonds. The van der Waals surface area contributed by atoms with E-state index in [-0.39, 0.29) is 11.9 Å². The fourth-order valence-corrected chi connectivity index (χ4v) is 5.40. The van der Waals surface area contributed by atoms with Crippen LogP contribution in [0.4, 0.5) is 0 Å². The first-order chi connectivity index (χ1) is 14.0. The Morgan fingerprint density at radius 1 is 1.17 bits per heavy atom. The SMILES string of the molecule is CN(C(=O)Cc1ccc(Cl)c(Cl)c1)[C@H]1CC2(CC[C@@H]1N1CCCCC1)OCCO2. The summed E-state index contributed by atoms with van der Waals surface area (Å²) >= 11 is 12.2. The standard InChI is InChI=1S/C22H30Cl2N2O3/c1-25(21(27)14-16-5-6-17(23)18(24)13-16)20-15-22(28-11-12-29-22)8-7-19(20)26-9-3-2-4-10-26/h5-6,13,19-20H,2-4,7-12,14-15H2,1H3/t19-,20-/m0/s1. The molecule has 2 heterocycles. The molecule has 1 aliphatic carbocycles. The Hall–Kier alpha value is -0.850. The Kier molecular flexibility index (Phi) is 6.72. The van der Waals surface area contributed by atoms with Crippen LogP contribution in [0, 0.1) is 0 Å². The number of amides is 1. The van der Waals surface area contributed by atoms with Crippen molar-refractivity contribution in [1.29, 1.82) is 0 Å². The second kappa shape index (κ2) is 9.11. The number of halogens is 2. The number of hydrogen-bond acceptors (Lipinski definition) is 4. The molecule has 160 valence electrons. The first-order valence-electron chi connectivity index (χ1n) is 10.7. The first-order valence-corrected chi connectivity index (χ1v) is 11.4. The second-order valence-electron chi connectivity index (χ2n) is 8.51. The van der Waals surface area contributed by atoms with Crippen molar-refractivity contribution in [2.75, 3.05) is 33.4 Å². The highest BCUT2D eigenvalue weighted by molar-refractivity contribution is 6.42. The van der Waals surface area contributed by atoms with Gasteiger partial charge in [0.1, 0.15) is 0 Å². The Labute approximate surface area is 183 Å². The van der Waals surface area contributed by atoms with E-state index in [1.165, 1.54) is 19.3 Å². The fourth-order valence-electron chi connectivity index (χ4n) is 5.08. The van der Waals surface area contributed by atoms with Gasteiger partial charge in [0.2, 0.25) is 5.91 Å². The van der Waals surface area contributed by atoms with Crippen molar-refractivity contribution in [3.63, 3.8) is 0 Å². The van der Waals surface area contributed by atoms with Gasteiger partial charge in [0.15, 0.2) is 5.79 Å². The predicted molar refractivity (Wildman–Crippen MR) is 114 cm³/mol. The van der Waals surface area contributed by atoms with Crippen molar-refractivity contribution in [3.8, 4) is 0 Å². The molecule has 0 aromatic heterocycles. The maximum atomic E-state index is 13.2. The van der Waals surface area contributed by atoms with Crippen LogP contribution in [0.2, 0.25) is 10.0 Å². The maximum absolute atomic E-state index is 13.2. The van der Waals surface area contributed by atoms with Gasteiger partial charge >= 0.3 is 0 Å². The number of ether oxygens (including phenoxy) is 2. The van der Waals surface area contributed by atoms with Crippen molar-refractivity contribution < 1.29 is 14.3 Å². The van der Waals surface area contributed by atoms with Gasteiger partial charge in [0.05, 0.1) is 35.7 Å². The monoisotopic (exact) mass is 440 g/mol. The molecule has 1 saturated carbocycles. The zero-order chi connectivity index (χ0) is 20.4. The normalized spacial score (nSPS) is 27.3. The van der Waals surface area contributed by atoms with E-state index >= 15 is 0 Å². The number of nitrogens with zero attached hydrogens (tertiary/aromatic N) is 2. The summed E-state index contributed by atoms with van der Waals surface area (Å²) in [5.74, 6) is -0.430. The van der Waals surface area contributed by atoms with E-state index in [0.717, 1.165) is 37.9 Å². The van der Waals surface area contributed by atoms with Crippen LogP contribution in [0.15, 0.2) is 18.2 Å². The molecule has 4 rings (SSSR count). The molecule has 29 heavy (non-hydrogen) atoms. The summed E-state index contributed by atoms with van der Waals surface area (Å²) in [6, 6.07) is 5.84. The van der Waals surface area contributed by atoms with Crippen LogP contribution >= 0.6 is 23.2 Å². The quantitative estimate of drug-likeness (QED) is 0.704. The van der Waals surface area contributed by atoms with Gasteiger partial charge in [-0.25, -0.2) is 0 Å². The number of rotatable bonds is 4. The average Bonchev–Trinajstić information content (AvgIpc) is 3.18. The summed E-state index contributed by atoms with van der Waals surface area (Å²) in [4.78, 5) is 17.7. The van der Waals surface area contributed by atoms with E-state index in [0.29, 0.717) is 35.7 Å². The molecule has 0 unspecified atom stereocenters. The van der Waals surface area contributed by atoms with E-state index in [4.69, 9.17) is 32.7 Å². The van der Waals surface area contributed by atoms with Crippen LogP contribution in [-0.4, -0.2) is 66.9 Å². The largest absolute Gasteiger partial charge is 0.347 e. The third kappa shape index (κ3) is 4.75. The Morgan fingerprint density at radius 2 is 1.90 bits per heavy atom. The molecule has 1 spiro atoms. The molecule has 0 radical (unpaired) electrons. The molecule has 1 aromatic rings. The topological polar surface area (TPSA) is 42.0 Å². The zero-order valence-electron chi connectivity index (χ0n) is 17.0. The molecule has 7 heteroatoms. The lowest BCUT2D eigenvalue weighted by Gasteiger charge is -2.49. The van der Waals surface area contributed by atoms with Gasteiger partial charge in [-0.15, -0.1) is 0 Å². The zero-order valence-corrected chi connectivity index (χ0v) is 18.6. The van der Waals surface area contributed by atoms with Gasteiger partial charge in [-0.2, -0.15) is 0 Å². The number of benzene rings is 1. The third-order valence-corrected chi connectivity index (χ3v) is 7.43. The minimum Gasteiger partial charge on any atom is -0.347 e. The highest BCUT2D eigenvalue weighted by Gasteiger charge is 2.48. The molecule has 3 aliphatic rings. The van der Waals surface area contributed by atoms with Gasteiger partial charge in [-0.05, 0) is 50.0 Å². The Bertz CT molecular complexity index is 733. The number of carbonyl (C=O) groups is 1. The lowest BCUT2D eigenvalue weighted by molar-refractivity contribution is -0.199. The van der Waals surface area contributed by atoms with Crippen LogP contribution in [-0.2, 0) is 20.7 Å². The van der Waals surface area contributed by atoms with Crippen molar-refractivity contribution >= 4 is 29.1 Å². The minimum atomic E-state index is -0.519. The summed E-state index contributed by atoms with van der Waals surface area (Å²) < 4.78 is 12.0. The smallest absolute Gasteiger partial charge is 0.227 e. The molecular formula is C22H30Cl2N2O3. The van der Waals surface area contributed by atoms with E-state index in [1.54, 1.807) is 12.1 Å². The molecule has 3 fully saturated rings. The van der Waals surface area contributed by atoms with Crippen LogP contribution in [0.25, 0.3) is 0 Å². The molecule has 2 atom stereocenters. The number of carbonyl (C=O) groups excluding carboxylic acids is 1. The van der Waals surface area contributed by atoms with Crippen LogP contribution in [0.1, 0.15) is 44.1 Å². The highest BCUT2D eigenvalue weighted by atomic mass is 35.5. The maximum Gasteiger partial charge on any atom is 0.227 e. The lowest BCUT2D eigenvalue weighted by atomic mass is 9.83. The van der Waals surface area contributed by atoms with E-state index < -0.39 is 5.79 Å². The van der Waals surface area contributed by atoms with Gasteiger partial charge in [0.25, 0.3) is 0 Å². The van der Waals surface area contributed by atoms with Crippen molar-refractivity contribution in [2.24, 2.45) is 0 Å². The van der Waals surface area contributed by atoms with E-state index in [2.05, 4.69) is 4.90 Å². The average molecular weight is 441 g/mol. The van der Waals surface area contributed by atoms with E-state index in [1.807, 2.05) is 18.0 Å². The molecule has 2 saturated heterocycles. The number of likely N-dealkylation sites (tertiary alicyclic amines) is 1. The second-order valence-corrected chi connectivity index (χ2v) is 9.33. The lowest BCUT2D eigenvalue weighted by Crippen LogP contribution is -2.60. The minimum absolute atomic E-state index is 0.0789. The molecule has 2 aliphatic heterocycles. The van der Waals surface area contributed by atoms with Gasteiger partial charge in [-0.3, -0.25) is 9.69 Å². The molecular weight excluding hydrogens is 411 g/mol.